The van der Waals surface area contributed by atoms with Crippen molar-refractivity contribution in [3.05, 3.63) is 48.3 Å². The Morgan fingerprint density at radius 3 is 2.88 bits per heavy atom. The molecule has 0 radical (unpaired) electrons. The third-order valence-corrected chi connectivity index (χ3v) is 2.52. The first kappa shape index (κ1) is 10.8. The summed E-state index contributed by atoms with van der Waals surface area (Å²) in [6.45, 7) is 2.84. The molecule has 0 bridgehead atoms. The van der Waals surface area contributed by atoms with Gasteiger partial charge in [0.25, 0.3) is 0 Å². The largest absolute Gasteiger partial charge is 0.385 e. The number of pyridine rings is 1. The highest BCUT2D eigenvalue weighted by atomic mass is 16.3. The van der Waals surface area contributed by atoms with E-state index in [1.54, 1.807) is 12.4 Å². The molecule has 0 spiro atoms. The van der Waals surface area contributed by atoms with E-state index in [4.69, 9.17) is 0 Å². The second kappa shape index (κ2) is 4.90. The van der Waals surface area contributed by atoms with Crippen LogP contribution >= 0.6 is 0 Å². The SMILES string of the molecule is CCn1ccnc1C(O)Cc1ccccn1. The topological polar surface area (TPSA) is 50.9 Å². The lowest BCUT2D eigenvalue weighted by Gasteiger charge is -2.11. The average molecular weight is 217 g/mol. The molecule has 0 aliphatic heterocycles. The van der Waals surface area contributed by atoms with E-state index in [1.165, 1.54) is 0 Å². The molecule has 2 heterocycles. The van der Waals surface area contributed by atoms with Crippen molar-refractivity contribution in [1.82, 2.24) is 14.5 Å². The molecule has 2 rings (SSSR count). The van der Waals surface area contributed by atoms with Crippen molar-refractivity contribution < 1.29 is 5.11 Å². The van der Waals surface area contributed by atoms with Crippen LogP contribution in [-0.2, 0) is 13.0 Å². The first-order valence-electron chi connectivity index (χ1n) is 5.40. The van der Waals surface area contributed by atoms with Crippen LogP contribution in [0, 0.1) is 0 Å². The number of aliphatic hydroxyl groups is 1. The summed E-state index contributed by atoms with van der Waals surface area (Å²) in [5, 5.41) is 10.1. The molecular formula is C12H15N3O. The molecule has 4 nitrogen and oxygen atoms in total. The molecule has 1 N–H and O–H groups in total. The molecule has 1 atom stereocenters. The Balaban J connectivity index is 2.11. The zero-order valence-electron chi connectivity index (χ0n) is 9.24. The van der Waals surface area contributed by atoms with Gasteiger partial charge in [0.1, 0.15) is 11.9 Å². The number of aryl methyl sites for hydroxylation is 1. The highest BCUT2D eigenvalue weighted by molar-refractivity contribution is 5.08. The fourth-order valence-electron chi connectivity index (χ4n) is 1.69. The van der Waals surface area contributed by atoms with Gasteiger partial charge < -0.3 is 9.67 Å². The maximum atomic E-state index is 10.1. The van der Waals surface area contributed by atoms with Crippen LogP contribution in [0.15, 0.2) is 36.8 Å². The van der Waals surface area contributed by atoms with E-state index in [9.17, 15) is 5.11 Å². The van der Waals surface area contributed by atoms with E-state index in [-0.39, 0.29) is 0 Å². The average Bonchev–Trinajstić information content (AvgIpc) is 2.78. The van der Waals surface area contributed by atoms with E-state index in [2.05, 4.69) is 9.97 Å². The second-order valence-corrected chi connectivity index (χ2v) is 3.61. The van der Waals surface area contributed by atoms with Crippen molar-refractivity contribution in [3.63, 3.8) is 0 Å². The van der Waals surface area contributed by atoms with E-state index in [0.29, 0.717) is 12.2 Å². The van der Waals surface area contributed by atoms with Gasteiger partial charge in [0, 0.05) is 37.3 Å². The third-order valence-electron chi connectivity index (χ3n) is 2.52. The predicted octanol–water partition coefficient (Wildman–Crippen LogP) is 1.57. The van der Waals surface area contributed by atoms with Gasteiger partial charge in [-0.15, -0.1) is 0 Å². The Labute approximate surface area is 94.6 Å². The first-order valence-corrected chi connectivity index (χ1v) is 5.40. The maximum absolute atomic E-state index is 10.1. The van der Waals surface area contributed by atoms with Crippen molar-refractivity contribution in [1.29, 1.82) is 0 Å². The molecule has 2 aromatic heterocycles. The van der Waals surface area contributed by atoms with E-state index in [1.807, 2.05) is 35.9 Å². The molecule has 2 aromatic rings. The number of aromatic nitrogens is 3. The molecule has 16 heavy (non-hydrogen) atoms. The predicted molar refractivity (Wildman–Crippen MR) is 60.8 cm³/mol. The lowest BCUT2D eigenvalue weighted by Crippen LogP contribution is -2.10. The molecule has 0 saturated carbocycles. The number of hydrogen-bond acceptors (Lipinski definition) is 3. The normalized spacial score (nSPS) is 12.6. The Morgan fingerprint density at radius 1 is 1.31 bits per heavy atom. The fourth-order valence-corrected chi connectivity index (χ4v) is 1.69. The van der Waals surface area contributed by atoms with Crippen LogP contribution in [0.3, 0.4) is 0 Å². The Morgan fingerprint density at radius 2 is 2.19 bits per heavy atom. The minimum Gasteiger partial charge on any atom is -0.385 e. The molecule has 0 aliphatic carbocycles. The molecule has 0 aromatic carbocycles. The number of hydrogen-bond donors (Lipinski definition) is 1. The lowest BCUT2D eigenvalue weighted by molar-refractivity contribution is 0.162. The quantitative estimate of drug-likeness (QED) is 0.845. The van der Waals surface area contributed by atoms with Gasteiger partial charge in [-0.1, -0.05) is 6.07 Å². The van der Waals surface area contributed by atoms with E-state index in [0.717, 1.165) is 12.2 Å². The van der Waals surface area contributed by atoms with Gasteiger partial charge in [0.05, 0.1) is 0 Å². The van der Waals surface area contributed by atoms with Crippen LogP contribution in [0.5, 0.6) is 0 Å². The number of imidazole rings is 1. The Kier molecular flexibility index (Phi) is 3.31. The summed E-state index contributed by atoms with van der Waals surface area (Å²) in [5.74, 6) is 0.702. The second-order valence-electron chi connectivity index (χ2n) is 3.61. The monoisotopic (exact) mass is 217 g/mol. The minimum atomic E-state index is -0.593. The fraction of sp³-hybridized carbons (Fsp3) is 0.333. The number of aliphatic hydroxyl groups excluding tert-OH is 1. The summed E-state index contributed by atoms with van der Waals surface area (Å²) < 4.78 is 1.94. The smallest absolute Gasteiger partial charge is 0.138 e. The van der Waals surface area contributed by atoms with Gasteiger partial charge >= 0.3 is 0 Å². The Hall–Kier alpha value is -1.68. The molecular weight excluding hydrogens is 202 g/mol. The van der Waals surface area contributed by atoms with E-state index < -0.39 is 6.10 Å². The van der Waals surface area contributed by atoms with Crippen LogP contribution < -0.4 is 0 Å². The van der Waals surface area contributed by atoms with Crippen LogP contribution in [0.2, 0.25) is 0 Å². The van der Waals surface area contributed by atoms with Crippen LogP contribution in [0.25, 0.3) is 0 Å². The van der Waals surface area contributed by atoms with Gasteiger partial charge in [0.2, 0.25) is 0 Å². The summed E-state index contributed by atoms with van der Waals surface area (Å²) in [4.78, 5) is 8.36. The highest BCUT2D eigenvalue weighted by Crippen LogP contribution is 2.15. The molecule has 1 unspecified atom stereocenters. The highest BCUT2D eigenvalue weighted by Gasteiger charge is 2.14. The summed E-state index contributed by atoms with van der Waals surface area (Å²) in [5.41, 5.74) is 0.876. The molecule has 0 aliphatic rings. The zero-order valence-corrected chi connectivity index (χ0v) is 9.24. The van der Waals surface area contributed by atoms with Gasteiger partial charge in [-0.2, -0.15) is 0 Å². The zero-order chi connectivity index (χ0) is 11.4. The third kappa shape index (κ3) is 2.28. The minimum absolute atomic E-state index is 0.498. The van der Waals surface area contributed by atoms with Crippen molar-refractivity contribution in [2.45, 2.75) is 26.0 Å². The van der Waals surface area contributed by atoms with Crippen molar-refractivity contribution in [2.24, 2.45) is 0 Å². The van der Waals surface area contributed by atoms with Crippen molar-refractivity contribution >= 4 is 0 Å². The van der Waals surface area contributed by atoms with Crippen molar-refractivity contribution in [2.75, 3.05) is 0 Å². The molecule has 4 heteroatoms. The van der Waals surface area contributed by atoms with Gasteiger partial charge in [-0.05, 0) is 19.1 Å². The molecule has 0 saturated heterocycles. The molecule has 84 valence electrons. The lowest BCUT2D eigenvalue weighted by atomic mass is 10.1. The van der Waals surface area contributed by atoms with Gasteiger partial charge in [0.15, 0.2) is 0 Å². The van der Waals surface area contributed by atoms with Crippen LogP contribution in [-0.4, -0.2) is 19.6 Å². The van der Waals surface area contributed by atoms with Gasteiger partial charge in [-0.3, -0.25) is 4.98 Å². The van der Waals surface area contributed by atoms with Gasteiger partial charge in [-0.25, -0.2) is 4.98 Å². The van der Waals surface area contributed by atoms with Crippen LogP contribution in [0.4, 0.5) is 0 Å². The standard InChI is InChI=1S/C12H15N3O/c1-2-15-8-7-14-12(15)11(16)9-10-5-3-4-6-13-10/h3-8,11,16H,2,9H2,1H3. The Bertz CT molecular complexity index is 439. The summed E-state index contributed by atoms with van der Waals surface area (Å²) in [6, 6.07) is 5.69. The molecule has 0 amide bonds. The summed E-state index contributed by atoms with van der Waals surface area (Å²) in [7, 11) is 0. The molecule has 0 fully saturated rings. The van der Waals surface area contributed by atoms with Crippen LogP contribution in [0.1, 0.15) is 24.5 Å². The maximum Gasteiger partial charge on any atom is 0.138 e. The first-order chi connectivity index (χ1) is 7.81. The number of nitrogens with zero attached hydrogens (tertiary/aromatic N) is 3. The summed E-state index contributed by atoms with van der Waals surface area (Å²) >= 11 is 0. The van der Waals surface area contributed by atoms with E-state index >= 15 is 0 Å². The summed E-state index contributed by atoms with van der Waals surface area (Å²) in [6.07, 6.45) is 5.22. The van der Waals surface area contributed by atoms with Crippen molar-refractivity contribution in [3.8, 4) is 0 Å². The number of rotatable bonds is 4.